The number of hydrogen-bond donors (Lipinski definition) is 0. The minimum Gasteiger partial charge on any atom is -0.245 e. The topological polar surface area (TPSA) is 0 Å². The Hall–Kier alpha value is 0.0200. The van der Waals surface area contributed by atoms with Crippen LogP contribution in [0.2, 0.25) is 0 Å². The van der Waals surface area contributed by atoms with Crippen molar-refractivity contribution in [2.45, 2.75) is 13.3 Å². The molecule has 0 atom stereocenters. The van der Waals surface area contributed by atoms with Crippen LogP contribution in [0.5, 0.6) is 0 Å². The molecule has 0 nitrogen and oxygen atoms in total. The fraction of sp³-hybridized carbons (Fsp3) is 0.750. The molecule has 0 bridgehead atoms. The lowest BCUT2D eigenvalue weighted by atomic mass is 10.4. The van der Waals surface area contributed by atoms with E-state index in [0.717, 1.165) is 0 Å². The third-order valence-corrected chi connectivity index (χ3v) is 0.941. The van der Waals surface area contributed by atoms with E-state index in [1.165, 1.54) is 0 Å². The summed E-state index contributed by atoms with van der Waals surface area (Å²) in [6.45, 7) is 1.41. The van der Waals surface area contributed by atoms with E-state index in [4.69, 9.17) is 0 Å². The van der Waals surface area contributed by atoms with Crippen LogP contribution in [0, 0.1) is 0 Å². The van der Waals surface area contributed by atoms with E-state index >= 15 is 0 Å². The lowest BCUT2D eigenvalue weighted by Gasteiger charge is -1.83. The zero-order valence-electron chi connectivity index (χ0n) is 3.70. The molecule has 0 fully saturated rings. The minimum atomic E-state index is -0.439. The highest BCUT2D eigenvalue weighted by molar-refractivity contribution is 7.80. The first-order valence-electron chi connectivity index (χ1n) is 1.89. The highest BCUT2D eigenvalue weighted by Gasteiger charge is 1.84. The predicted molar refractivity (Wildman–Crippen MR) is 28.9 cm³/mol. The second-order valence-electron chi connectivity index (χ2n) is 1.03. The molecule has 0 amide bonds. The van der Waals surface area contributed by atoms with Crippen molar-refractivity contribution in [3.63, 3.8) is 0 Å². The van der Waals surface area contributed by atoms with Crippen LogP contribution in [0.3, 0.4) is 0 Å². The lowest BCUT2D eigenvalue weighted by molar-refractivity contribution is 0.581. The summed E-state index contributed by atoms with van der Waals surface area (Å²) in [6, 6.07) is 0. The maximum atomic E-state index is 11.2. The van der Waals surface area contributed by atoms with E-state index < -0.39 is 6.67 Å². The highest BCUT2D eigenvalue weighted by atomic mass is 32.1. The van der Waals surface area contributed by atoms with Gasteiger partial charge in [0.1, 0.15) is 6.67 Å². The van der Waals surface area contributed by atoms with Gasteiger partial charge in [-0.05, 0) is 6.42 Å². The van der Waals surface area contributed by atoms with E-state index in [1.54, 1.807) is 0 Å². The van der Waals surface area contributed by atoms with Gasteiger partial charge in [0, 0.05) is 4.86 Å². The average Bonchev–Trinajstić information content (AvgIpc) is 1.65. The Kier molecular flexibility index (Phi) is 3.23. The maximum absolute atomic E-state index is 11.2. The fourth-order valence-electron chi connectivity index (χ4n) is 0.0945. The van der Waals surface area contributed by atoms with Gasteiger partial charge < -0.3 is 0 Å². The van der Waals surface area contributed by atoms with Crippen LogP contribution in [0.25, 0.3) is 0 Å². The van der Waals surface area contributed by atoms with Crippen LogP contribution in [0.15, 0.2) is 0 Å². The standard InChI is InChI=1S/C4H7FS/c1-2-4(6)3-5/h2-3H2,1H3. The van der Waals surface area contributed by atoms with Gasteiger partial charge in [0.05, 0.1) is 0 Å². The van der Waals surface area contributed by atoms with Crippen LogP contribution in [0.1, 0.15) is 13.3 Å². The zero-order chi connectivity index (χ0) is 4.99. The molecule has 0 heterocycles. The van der Waals surface area contributed by atoms with Crippen LogP contribution >= 0.6 is 12.2 Å². The van der Waals surface area contributed by atoms with Crippen LogP contribution < -0.4 is 0 Å². The number of alkyl halides is 1. The Morgan fingerprint density at radius 3 is 2.33 bits per heavy atom. The van der Waals surface area contributed by atoms with Crippen molar-refractivity contribution < 1.29 is 4.39 Å². The molecule has 0 saturated heterocycles. The molecule has 0 aromatic carbocycles. The second-order valence-corrected chi connectivity index (χ2v) is 1.60. The summed E-state index contributed by atoms with van der Waals surface area (Å²) in [5.74, 6) is 0. The summed E-state index contributed by atoms with van der Waals surface area (Å²) in [6.07, 6.45) is 0.686. The van der Waals surface area contributed by atoms with E-state index in [2.05, 4.69) is 12.2 Å². The smallest absolute Gasteiger partial charge is 0.121 e. The van der Waals surface area contributed by atoms with Crippen molar-refractivity contribution in [2.24, 2.45) is 0 Å². The molecule has 0 aliphatic carbocycles. The van der Waals surface area contributed by atoms with Crippen LogP contribution in [-0.2, 0) is 0 Å². The largest absolute Gasteiger partial charge is 0.245 e. The molecular formula is C4H7FS. The molecule has 0 aliphatic heterocycles. The number of hydrogen-bond acceptors (Lipinski definition) is 1. The first-order valence-corrected chi connectivity index (χ1v) is 2.29. The van der Waals surface area contributed by atoms with Gasteiger partial charge in [0.15, 0.2) is 0 Å². The minimum absolute atomic E-state index is 0.439. The molecule has 0 N–H and O–H groups in total. The van der Waals surface area contributed by atoms with Gasteiger partial charge in [-0.2, -0.15) is 0 Å². The van der Waals surface area contributed by atoms with Crippen molar-refractivity contribution in [2.75, 3.05) is 6.67 Å². The molecule has 0 aliphatic rings. The van der Waals surface area contributed by atoms with Crippen LogP contribution in [0.4, 0.5) is 4.39 Å². The molecule has 0 radical (unpaired) electrons. The summed E-state index contributed by atoms with van der Waals surface area (Å²) in [7, 11) is 0. The molecule has 2 heteroatoms. The van der Waals surface area contributed by atoms with E-state index in [0.29, 0.717) is 11.3 Å². The first-order chi connectivity index (χ1) is 2.81. The van der Waals surface area contributed by atoms with Gasteiger partial charge >= 0.3 is 0 Å². The van der Waals surface area contributed by atoms with Crippen molar-refractivity contribution >= 4 is 17.1 Å². The van der Waals surface area contributed by atoms with Gasteiger partial charge in [0.2, 0.25) is 0 Å². The second kappa shape index (κ2) is 3.22. The molecule has 0 rings (SSSR count). The van der Waals surface area contributed by atoms with Gasteiger partial charge in [-0.3, -0.25) is 0 Å². The Bertz CT molecular complexity index is 45.5. The SMILES string of the molecule is CCC(=S)CF. The van der Waals surface area contributed by atoms with Gasteiger partial charge in [-0.1, -0.05) is 19.1 Å². The van der Waals surface area contributed by atoms with E-state index in [1.807, 2.05) is 6.92 Å². The van der Waals surface area contributed by atoms with Crippen molar-refractivity contribution in [3.05, 3.63) is 0 Å². The summed E-state index contributed by atoms with van der Waals surface area (Å²) >= 11 is 4.48. The maximum Gasteiger partial charge on any atom is 0.121 e. The molecule has 0 unspecified atom stereocenters. The normalized spacial score (nSPS) is 8.33. The molecule has 0 saturated carbocycles. The highest BCUT2D eigenvalue weighted by Crippen LogP contribution is 1.83. The predicted octanol–water partition coefficient (Wildman–Crippen LogP) is 1.74. The molecule has 36 valence electrons. The number of thiocarbonyl (C=S) groups is 1. The zero-order valence-corrected chi connectivity index (χ0v) is 4.52. The fourth-order valence-corrected chi connectivity index (χ4v) is 0.0945. The molecule has 0 spiro atoms. The Morgan fingerprint density at radius 1 is 1.83 bits per heavy atom. The van der Waals surface area contributed by atoms with E-state index in [9.17, 15) is 4.39 Å². The van der Waals surface area contributed by atoms with Crippen molar-refractivity contribution in [1.29, 1.82) is 0 Å². The third kappa shape index (κ3) is 2.27. The Balaban J connectivity index is 2.99. The Labute approximate surface area is 42.4 Å². The quantitative estimate of drug-likeness (QED) is 0.483. The molecular weight excluding hydrogens is 99.1 g/mol. The third-order valence-electron chi connectivity index (χ3n) is 0.543. The molecule has 0 aromatic rings. The average molecular weight is 106 g/mol. The summed E-state index contributed by atoms with van der Waals surface area (Å²) < 4.78 is 11.2. The Morgan fingerprint density at radius 2 is 2.33 bits per heavy atom. The van der Waals surface area contributed by atoms with Crippen molar-refractivity contribution in [3.8, 4) is 0 Å². The molecule has 6 heavy (non-hydrogen) atoms. The number of halogens is 1. The summed E-state index contributed by atoms with van der Waals surface area (Å²) in [5, 5.41) is 0. The van der Waals surface area contributed by atoms with Gasteiger partial charge in [-0.25, -0.2) is 4.39 Å². The van der Waals surface area contributed by atoms with Crippen LogP contribution in [-0.4, -0.2) is 11.5 Å². The first kappa shape index (κ1) is 6.02. The molecule has 0 aromatic heterocycles. The van der Waals surface area contributed by atoms with E-state index in [-0.39, 0.29) is 0 Å². The monoisotopic (exact) mass is 106 g/mol. The summed E-state index contributed by atoms with van der Waals surface area (Å²) in [5.41, 5.74) is 0. The summed E-state index contributed by atoms with van der Waals surface area (Å²) in [4.78, 5) is 0.509. The number of rotatable bonds is 2. The van der Waals surface area contributed by atoms with Gasteiger partial charge in [0.25, 0.3) is 0 Å². The lowest BCUT2D eigenvalue weighted by Crippen LogP contribution is -1.90. The van der Waals surface area contributed by atoms with Gasteiger partial charge in [-0.15, -0.1) is 0 Å². The van der Waals surface area contributed by atoms with Crippen molar-refractivity contribution in [1.82, 2.24) is 0 Å².